The summed E-state index contributed by atoms with van der Waals surface area (Å²) < 4.78 is 15.9. The molecule has 4 nitrogen and oxygen atoms in total. The number of aliphatic hydroxyl groups excluding tert-OH is 1. The predicted octanol–water partition coefficient (Wildman–Crippen LogP) is 1.85. The Kier molecular flexibility index (Phi) is 13.8. The molecule has 0 rings (SSSR count). The molecule has 1 N–H and O–H groups in total. The molecule has 0 saturated heterocycles. The molecule has 104 valence electrons. The molecule has 17 heavy (non-hydrogen) atoms. The van der Waals surface area contributed by atoms with Crippen LogP contribution in [0.5, 0.6) is 0 Å². The van der Waals surface area contributed by atoms with Crippen LogP contribution in [0.15, 0.2) is 0 Å². The first-order valence-electron chi connectivity index (χ1n) is 6.69. The van der Waals surface area contributed by atoms with E-state index in [1.807, 2.05) is 0 Å². The maximum atomic E-state index is 8.47. The highest BCUT2D eigenvalue weighted by Crippen LogP contribution is 2.11. The quantitative estimate of drug-likeness (QED) is 0.505. The molecule has 0 atom stereocenters. The molecular weight excluding hydrogens is 220 g/mol. The minimum absolute atomic E-state index is 0.0686. The number of hydrogen-bond acceptors (Lipinski definition) is 4. The summed E-state index contributed by atoms with van der Waals surface area (Å²) in [6, 6.07) is 0. The normalized spacial score (nSPS) is 11.3. The van der Waals surface area contributed by atoms with Gasteiger partial charge in [-0.3, -0.25) is 0 Å². The van der Waals surface area contributed by atoms with Gasteiger partial charge < -0.3 is 19.3 Å². The topological polar surface area (TPSA) is 47.9 Å². The van der Waals surface area contributed by atoms with Crippen LogP contribution >= 0.6 is 0 Å². The minimum atomic E-state index is 0.0686. The average molecular weight is 248 g/mol. The van der Waals surface area contributed by atoms with Crippen LogP contribution in [0.1, 0.15) is 33.1 Å². The second kappa shape index (κ2) is 13.9. The summed E-state index contributed by atoms with van der Waals surface area (Å²) in [6.07, 6.45) is 3.61. The van der Waals surface area contributed by atoms with Gasteiger partial charge in [-0.25, -0.2) is 0 Å². The van der Waals surface area contributed by atoms with E-state index in [9.17, 15) is 0 Å². The molecular formula is C13H28O4. The van der Waals surface area contributed by atoms with Crippen molar-refractivity contribution in [2.75, 3.05) is 46.2 Å². The summed E-state index contributed by atoms with van der Waals surface area (Å²) in [7, 11) is 0. The zero-order chi connectivity index (χ0) is 12.8. The maximum absolute atomic E-state index is 8.47. The largest absolute Gasteiger partial charge is 0.394 e. The zero-order valence-electron chi connectivity index (χ0n) is 11.3. The molecule has 0 aliphatic heterocycles. The lowest BCUT2D eigenvalue weighted by Gasteiger charge is -2.12. The molecule has 0 spiro atoms. The maximum Gasteiger partial charge on any atom is 0.0701 e. The number of aliphatic hydroxyl groups is 1. The van der Waals surface area contributed by atoms with E-state index in [2.05, 4.69) is 13.8 Å². The first-order valence-corrected chi connectivity index (χ1v) is 6.69. The first kappa shape index (κ1) is 16.8. The highest BCUT2D eigenvalue weighted by Gasteiger charge is 2.02. The van der Waals surface area contributed by atoms with Gasteiger partial charge in [0.2, 0.25) is 0 Å². The van der Waals surface area contributed by atoms with E-state index in [0.717, 1.165) is 18.9 Å². The molecule has 0 aromatic carbocycles. The molecule has 0 bridgehead atoms. The average Bonchev–Trinajstić information content (AvgIpc) is 2.36. The second-order valence-corrected chi connectivity index (χ2v) is 4.03. The summed E-state index contributed by atoms with van der Waals surface area (Å²) in [5.41, 5.74) is 0. The second-order valence-electron chi connectivity index (χ2n) is 4.03. The van der Waals surface area contributed by atoms with Gasteiger partial charge in [0.05, 0.1) is 39.6 Å². The van der Waals surface area contributed by atoms with Crippen molar-refractivity contribution in [3.05, 3.63) is 0 Å². The third-order valence-electron chi connectivity index (χ3n) is 2.80. The van der Waals surface area contributed by atoms with Crippen molar-refractivity contribution in [3.63, 3.8) is 0 Å². The Hall–Kier alpha value is -0.160. The van der Waals surface area contributed by atoms with Crippen LogP contribution in [0.4, 0.5) is 0 Å². The van der Waals surface area contributed by atoms with Gasteiger partial charge >= 0.3 is 0 Å². The smallest absolute Gasteiger partial charge is 0.0701 e. The van der Waals surface area contributed by atoms with Gasteiger partial charge in [0.15, 0.2) is 0 Å². The van der Waals surface area contributed by atoms with Crippen LogP contribution in [0.2, 0.25) is 0 Å². The van der Waals surface area contributed by atoms with Gasteiger partial charge in [-0.15, -0.1) is 0 Å². The van der Waals surface area contributed by atoms with Crippen LogP contribution in [0, 0.1) is 5.92 Å². The highest BCUT2D eigenvalue weighted by molar-refractivity contribution is 4.53. The summed E-state index contributed by atoms with van der Waals surface area (Å²) >= 11 is 0. The summed E-state index contributed by atoms with van der Waals surface area (Å²) in [6.45, 7) is 8.11. The van der Waals surface area contributed by atoms with Gasteiger partial charge in [0.25, 0.3) is 0 Å². The lowest BCUT2D eigenvalue weighted by atomic mass is 10.0. The summed E-state index contributed by atoms with van der Waals surface area (Å²) in [5.74, 6) is 0.794. The number of rotatable bonds is 13. The molecule has 0 aliphatic rings. The Balaban J connectivity index is 3.03. The van der Waals surface area contributed by atoms with Gasteiger partial charge in [-0.05, 0) is 12.3 Å². The Labute approximate surface area is 105 Å². The molecule has 0 aliphatic carbocycles. The molecule has 0 aromatic heterocycles. The molecule has 0 radical (unpaired) electrons. The minimum Gasteiger partial charge on any atom is -0.394 e. The fourth-order valence-electron chi connectivity index (χ4n) is 1.55. The van der Waals surface area contributed by atoms with Crippen molar-refractivity contribution < 1.29 is 19.3 Å². The lowest BCUT2D eigenvalue weighted by Crippen LogP contribution is -2.12. The highest BCUT2D eigenvalue weighted by atomic mass is 16.5. The van der Waals surface area contributed by atoms with Gasteiger partial charge in [-0.2, -0.15) is 0 Å². The standard InChI is InChI=1S/C13H28O4/c1-3-13(4-2)5-7-15-9-11-17-12-10-16-8-6-14/h13-14H,3-12H2,1-2H3. The van der Waals surface area contributed by atoms with Crippen molar-refractivity contribution in [2.24, 2.45) is 5.92 Å². The number of ether oxygens (including phenoxy) is 3. The van der Waals surface area contributed by atoms with Crippen LogP contribution < -0.4 is 0 Å². The van der Waals surface area contributed by atoms with Crippen molar-refractivity contribution in [1.29, 1.82) is 0 Å². The van der Waals surface area contributed by atoms with E-state index in [4.69, 9.17) is 19.3 Å². The van der Waals surface area contributed by atoms with Crippen molar-refractivity contribution >= 4 is 0 Å². The van der Waals surface area contributed by atoms with E-state index < -0.39 is 0 Å². The molecule has 0 heterocycles. The fraction of sp³-hybridized carbons (Fsp3) is 1.00. The molecule has 0 saturated carbocycles. The summed E-state index contributed by atoms with van der Waals surface area (Å²) in [4.78, 5) is 0. The van der Waals surface area contributed by atoms with E-state index in [1.165, 1.54) is 12.8 Å². The summed E-state index contributed by atoms with van der Waals surface area (Å²) in [5, 5.41) is 8.47. The van der Waals surface area contributed by atoms with Gasteiger partial charge in [-0.1, -0.05) is 26.7 Å². The van der Waals surface area contributed by atoms with Crippen LogP contribution in [-0.2, 0) is 14.2 Å². The SMILES string of the molecule is CCC(CC)CCOCCOCCOCCO. The van der Waals surface area contributed by atoms with E-state index in [1.54, 1.807) is 0 Å². The molecule has 0 fully saturated rings. The van der Waals surface area contributed by atoms with E-state index in [0.29, 0.717) is 33.0 Å². The van der Waals surface area contributed by atoms with Gasteiger partial charge in [0.1, 0.15) is 0 Å². The van der Waals surface area contributed by atoms with Crippen LogP contribution in [-0.4, -0.2) is 51.4 Å². The Morgan fingerprint density at radius 1 is 0.765 bits per heavy atom. The Morgan fingerprint density at radius 3 is 1.71 bits per heavy atom. The van der Waals surface area contributed by atoms with E-state index in [-0.39, 0.29) is 6.61 Å². The third kappa shape index (κ3) is 12.1. The lowest BCUT2D eigenvalue weighted by molar-refractivity contribution is 0.00580. The van der Waals surface area contributed by atoms with Crippen molar-refractivity contribution in [3.8, 4) is 0 Å². The van der Waals surface area contributed by atoms with Crippen LogP contribution in [0.3, 0.4) is 0 Å². The van der Waals surface area contributed by atoms with Crippen molar-refractivity contribution in [2.45, 2.75) is 33.1 Å². The van der Waals surface area contributed by atoms with E-state index >= 15 is 0 Å². The molecule has 0 unspecified atom stereocenters. The molecule has 0 aromatic rings. The number of hydrogen-bond donors (Lipinski definition) is 1. The molecule has 0 amide bonds. The van der Waals surface area contributed by atoms with Crippen LogP contribution in [0.25, 0.3) is 0 Å². The first-order chi connectivity index (χ1) is 8.35. The zero-order valence-corrected chi connectivity index (χ0v) is 11.3. The molecule has 4 heteroatoms. The monoisotopic (exact) mass is 248 g/mol. The Bertz CT molecular complexity index is 137. The predicted molar refractivity (Wildman–Crippen MR) is 68.2 cm³/mol. The van der Waals surface area contributed by atoms with Crippen molar-refractivity contribution in [1.82, 2.24) is 0 Å². The third-order valence-corrected chi connectivity index (χ3v) is 2.80. The van der Waals surface area contributed by atoms with Gasteiger partial charge in [0, 0.05) is 6.61 Å². The fourth-order valence-corrected chi connectivity index (χ4v) is 1.55. The Morgan fingerprint density at radius 2 is 1.24 bits per heavy atom.